The van der Waals surface area contributed by atoms with Gasteiger partial charge in [0, 0.05) is 17.1 Å². The number of carbonyl (C=O) groups is 1. The predicted octanol–water partition coefficient (Wildman–Crippen LogP) is 6.57. The van der Waals surface area contributed by atoms with E-state index in [0.717, 1.165) is 45.2 Å². The molecule has 1 aromatic heterocycles. The molecule has 0 bridgehead atoms. The molecule has 1 N–H and O–H groups in total. The van der Waals surface area contributed by atoms with Crippen molar-refractivity contribution < 1.29 is 19.0 Å². The summed E-state index contributed by atoms with van der Waals surface area (Å²) >= 11 is 10.3. The van der Waals surface area contributed by atoms with Gasteiger partial charge in [-0.2, -0.15) is 9.97 Å². The molecule has 0 radical (unpaired) electrons. The standard InChI is InChI=1S/C30H39BrClN5O4/c1-6-22(37(18-8-9-18)28(38)41-29(3,4)5)21-15-39-25-23-20(12-19(31)24(25)32)34-27(35-26(23)33-21)40-16-30-10-7-11-36(30)14-17(2)13-30/h12,18,21-22H,2,6-11,13-16H2,1,3-5H3,(H,33,34,35)/t21-,22+,30+/m1/s1. The maximum absolute atomic E-state index is 13.4. The highest BCUT2D eigenvalue weighted by molar-refractivity contribution is 9.10. The molecule has 1 amide bonds. The van der Waals surface area contributed by atoms with Crippen LogP contribution >= 0.6 is 27.5 Å². The molecule has 1 aliphatic carbocycles. The van der Waals surface area contributed by atoms with Gasteiger partial charge in [0.15, 0.2) is 5.75 Å². The van der Waals surface area contributed by atoms with Crippen molar-refractivity contribution in [3.63, 3.8) is 0 Å². The number of anilines is 1. The van der Waals surface area contributed by atoms with Gasteiger partial charge in [0.2, 0.25) is 0 Å². The molecule has 3 atom stereocenters. The Kier molecular flexibility index (Phi) is 7.56. The number of hydrogen-bond donors (Lipinski definition) is 1. The molecule has 4 aliphatic rings. The lowest BCUT2D eigenvalue weighted by atomic mass is 9.94. The van der Waals surface area contributed by atoms with Crippen LogP contribution in [0.3, 0.4) is 0 Å². The van der Waals surface area contributed by atoms with Gasteiger partial charge in [-0.15, -0.1) is 0 Å². The zero-order chi connectivity index (χ0) is 29.1. The zero-order valence-corrected chi connectivity index (χ0v) is 26.6. The second-order valence-electron chi connectivity index (χ2n) is 12.9. The van der Waals surface area contributed by atoms with E-state index in [-0.39, 0.29) is 29.8 Å². The first-order valence-corrected chi connectivity index (χ1v) is 15.8. The maximum atomic E-state index is 13.4. The van der Waals surface area contributed by atoms with Gasteiger partial charge in [-0.05, 0) is 87.8 Å². The number of aromatic nitrogens is 2. The van der Waals surface area contributed by atoms with E-state index < -0.39 is 5.60 Å². The number of amides is 1. The minimum Gasteiger partial charge on any atom is -0.489 e. The molecule has 222 valence electrons. The molecule has 0 unspecified atom stereocenters. The molecular formula is C30H39BrClN5O4. The van der Waals surface area contributed by atoms with E-state index in [4.69, 9.17) is 35.8 Å². The Bertz CT molecular complexity index is 1380. The van der Waals surface area contributed by atoms with Crippen molar-refractivity contribution in [1.29, 1.82) is 0 Å². The second kappa shape index (κ2) is 10.8. The lowest BCUT2D eigenvalue weighted by Crippen LogP contribution is -2.53. The number of fused-ring (bicyclic) bond motifs is 1. The molecule has 3 fully saturated rings. The Hall–Kier alpha value is -2.30. The molecule has 11 heteroatoms. The summed E-state index contributed by atoms with van der Waals surface area (Å²) < 4.78 is 19.2. The van der Waals surface area contributed by atoms with Crippen molar-refractivity contribution in [2.45, 2.75) is 95.5 Å². The highest BCUT2D eigenvalue weighted by Gasteiger charge is 2.47. The second-order valence-corrected chi connectivity index (χ2v) is 14.1. The molecule has 3 aliphatic heterocycles. The fourth-order valence-corrected chi connectivity index (χ4v) is 7.23. The van der Waals surface area contributed by atoms with E-state index in [1.165, 1.54) is 5.57 Å². The zero-order valence-electron chi connectivity index (χ0n) is 24.3. The average Bonchev–Trinajstić information content (AvgIpc) is 3.61. The fourth-order valence-electron chi connectivity index (χ4n) is 6.63. The smallest absolute Gasteiger partial charge is 0.410 e. The number of carbonyl (C=O) groups excluding carboxylic acids is 1. The van der Waals surface area contributed by atoms with Gasteiger partial charge < -0.3 is 24.4 Å². The van der Waals surface area contributed by atoms with Gasteiger partial charge >= 0.3 is 12.1 Å². The molecular weight excluding hydrogens is 610 g/mol. The topological polar surface area (TPSA) is 89.1 Å². The van der Waals surface area contributed by atoms with Gasteiger partial charge in [-0.25, -0.2) is 4.79 Å². The maximum Gasteiger partial charge on any atom is 0.410 e. The Morgan fingerprint density at radius 2 is 2.17 bits per heavy atom. The minimum atomic E-state index is -0.586. The fraction of sp³-hybridized carbons (Fsp3) is 0.633. The van der Waals surface area contributed by atoms with E-state index >= 15 is 0 Å². The molecule has 0 spiro atoms. The van der Waals surface area contributed by atoms with E-state index in [2.05, 4.69) is 39.6 Å². The highest BCUT2D eigenvalue weighted by atomic mass is 79.9. The van der Waals surface area contributed by atoms with Crippen molar-refractivity contribution in [2.24, 2.45) is 0 Å². The van der Waals surface area contributed by atoms with Crippen molar-refractivity contribution >= 4 is 50.3 Å². The summed E-state index contributed by atoms with van der Waals surface area (Å²) in [7, 11) is 0. The van der Waals surface area contributed by atoms with Crippen LogP contribution in [0.5, 0.6) is 11.8 Å². The molecule has 6 rings (SSSR count). The lowest BCUT2D eigenvalue weighted by molar-refractivity contribution is 0.00984. The summed E-state index contributed by atoms with van der Waals surface area (Å²) in [6.45, 7) is 14.8. The normalized spacial score (nSPS) is 24.8. The summed E-state index contributed by atoms with van der Waals surface area (Å²) in [5.41, 5.74) is 1.29. The van der Waals surface area contributed by atoms with Crippen molar-refractivity contribution in [1.82, 2.24) is 19.8 Å². The molecule has 41 heavy (non-hydrogen) atoms. The Morgan fingerprint density at radius 3 is 2.88 bits per heavy atom. The van der Waals surface area contributed by atoms with Crippen molar-refractivity contribution in [3.8, 4) is 11.8 Å². The Morgan fingerprint density at radius 1 is 1.39 bits per heavy atom. The number of benzene rings is 1. The third-order valence-corrected chi connectivity index (χ3v) is 9.76. The van der Waals surface area contributed by atoms with Gasteiger partial charge in [0.25, 0.3) is 0 Å². The number of halogens is 2. The lowest BCUT2D eigenvalue weighted by Gasteiger charge is -2.37. The summed E-state index contributed by atoms with van der Waals surface area (Å²) in [6, 6.07) is 1.89. The third-order valence-electron chi connectivity index (χ3n) is 8.53. The number of ether oxygens (including phenoxy) is 3. The van der Waals surface area contributed by atoms with Gasteiger partial charge in [0.1, 0.15) is 24.6 Å². The first-order chi connectivity index (χ1) is 19.5. The predicted molar refractivity (Wildman–Crippen MR) is 163 cm³/mol. The minimum absolute atomic E-state index is 0.0418. The first kappa shape index (κ1) is 28.8. The van der Waals surface area contributed by atoms with Crippen LogP contribution in [0.15, 0.2) is 22.7 Å². The van der Waals surface area contributed by atoms with Gasteiger partial charge in [-0.1, -0.05) is 30.7 Å². The van der Waals surface area contributed by atoms with E-state index in [1.807, 2.05) is 31.7 Å². The highest BCUT2D eigenvalue weighted by Crippen LogP contribution is 2.45. The number of hydrogen-bond acceptors (Lipinski definition) is 8. The Balaban J connectivity index is 1.33. The largest absolute Gasteiger partial charge is 0.489 e. The molecule has 2 saturated heterocycles. The number of nitrogens with zero attached hydrogens (tertiary/aromatic N) is 4. The van der Waals surface area contributed by atoms with Gasteiger partial charge in [-0.3, -0.25) is 4.90 Å². The molecule has 9 nitrogen and oxygen atoms in total. The van der Waals surface area contributed by atoms with Crippen molar-refractivity contribution in [2.75, 3.05) is 31.6 Å². The summed E-state index contributed by atoms with van der Waals surface area (Å²) in [5, 5.41) is 4.78. The van der Waals surface area contributed by atoms with Gasteiger partial charge in [0.05, 0.1) is 33.5 Å². The van der Waals surface area contributed by atoms with Crippen LogP contribution < -0.4 is 14.8 Å². The third kappa shape index (κ3) is 5.59. The van der Waals surface area contributed by atoms with E-state index in [9.17, 15) is 4.79 Å². The number of rotatable bonds is 7. The molecule has 4 heterocycles. The van der Waals surface area contributed by atoms with Crippen LogP contribution in [0.2, 0.25) is 5.02 Å². The SMILES string of the molecule is C=C1CN2CCC[C@@]2(COc2nc3c4c(c(Cl)c(Br)cc4n2)OC[C@H]([C@H](CC)N(C(=O)OC(C)(C)C)C2CC2)N3)C1. The van der Waals surface area contributed by atoms with Crippen LogP contribution in [0.1, 0.15) is 66.2 Å². The number of nitrogens with one attached hydrogen (secondary N) is 1. The Labute approximate surface area is 255 Å². The summed E-state index contributed by atoms with van der Waals surface area (Å²) in [4.78, 5) is 27.4. The summed E-state index contributed by atoms with van der Waals surface area (Å²) in [6.07, 6.45) is 5.50. The molecule has 1 aromatic carbocycles. The van der Waals surface area contributed by atoms with E-state index in [0.29, 0.717) is 57.6 Å². The van der Waals surface area contributed by atoms with Crippen LogP contribution in [0.4, 0.5) is 10.6 Å². The summed E-state index contributed by atoms with van der Waals surface area (Å²) in [5.74, 6) is 1.11. The van der Waals surface area contributed by atoms with Crippen LogP contribution in [-0.2, 0) is 4.74 Å². The first-order valence-electron chi connectivity index (χ1n) is 14.6. The monoisotopic (exact) mass is 647 g/mol. The van der Waals surface area contributed by atoms with Crippen LogP contribution in [0, 0.1) is 0 Å². The molecule has 1 saturated carbocycles. The van der Waals surface area contributed by atoms with Crippen LogP contribution in [-0.4, -0.2) is 81.4 Å². The average molecular weight is 649 g/mol. The van der Waals surface area contributed by atoms with E-state index in [1.54, 1.807) is 0 Å². The molecule has 2 aromatic rings. The van der Waals surface area contributed by atoms with Crippen LogP contribution in [0.25, 0.3) is 10.9 Å². The quantitative estimate of drug-likeness (QED) is 0.338. The van der Waals surface area contributed by atoms with Crippen molar-refractivity contribution in [3.05, 3.63) is 27.7 Å².